The number of furan rings is 1. The Balaban J connectivity index is 2.00. The van der Waals surface area contributed by atoms with E-state index in [0.717, 1.165) is 33.4 Å². The predicted octanol–water partition coefficient (Wildman–Crippen LogP) is 5.00. The summed E-state index contributed by atoms with van der Waals surface area (Å²) in [6.07, 6.45) is 0. The van der Waals surface area contributed by atoms with Gasteiger partial charge in [0.25, 0.3) is 0 Å². The van der Waals surface area contributed by atoms with Crippen LogP contribution < -0.4 is 0 Å². The Morgan fingerprint density at radius 2 is 1.57 bits per heavy atom. The zero-order chi connectivity index (χ0) is 14.4. The van der Waals surface area contributed by atoms with Crippen molar-refractivity contribution in [3.8, 4) is 11.3 Å². The minimum absolute atomic E-state index is 0.566. The molecule has 0 atom stereocenters. The van der Waals surface area contributed by atoms with Crippen molar-refractivity contribution in [3.05, 3.63) is 59.1 Å². The van der Waals surface area contributed by atoms with Gasteiger partial charge in [0, 0.05) is 16.1 Å². The van der Waals surface area contributed by atoms with E-state index >= 15 is 0 Å². The largest absolute Gasteiger partial charge is 0.436 e. The molecule has 21 heavy (non-hydrogen) atoms. The van der Waals surface area contributed by atoms with Crippen LogP contribution in [0.2, 0.25) is 5.02 Å². The summed E-state index contributed by atoms with van der Waals surface area (Å²) in [5, 5.41) is 0.703. The number of benzene rings is 2. The summed E-state index contributed by atoms with van der Waals surface area (Å²) in [6.45, 7) is 2.00. The number of rotatable bonds is 1. The standard InChI is InChI=1S/C17H11ClN2O/c1-10-15-17(20-14-5-3-2-4-13(14)19-15)21-16(10)11-6-8-12(18)9-7-11/h2-9H,1H3. The van der Waals surface area contributed by atoms with Gasteiger partial charge in [-0.15, -0.1) is 0 Å². The van der Waals surface area contributed by atoms with Crippen molar-refractivity contribution in [2.75, 3.05) is 0 Å². The summed E-state index contributed by atoms with van der Waals surface area (Å²) in [6, 6.07) is 15.4. The van der Waals surface area contributed by atoms with Gasteiger partial charge in [-0.2, -0.15) is 0 Å². The van der Waals surface area contributed by atoms with Crippen LogP contribution in [0.1, 0.15) is 5.56 Å². The molecule has 0 aliphatic heterocycles. The average Bonchev–Trinajstić information content (AvgIpc) is 2.82. The number of fused-ring (bicyclic) bond motifs is 2. The first-order chi connectivity index (χ1) is 10.2. The summed E-state index contributed by atoms with van der Waals surface area (Å²) in [5.74, 6) is 0.789. The topological polar surface area (TPSA) is 38.9 Å². The van der Waals surface area contributed by atoms with Gasteiger partial charge in [0.1, 0.15) is 11.3 Å². The van der Waals surface area contributed by atoms with E-state index in [2.05, 4.69) is 9.97 Å². The molecule has 0 N–H and O–H groups in total. The molecule has 0 radical (unpaired) electrons. The predicted molar refractivity (Wildman–Crippen MR) is 84.5 cm³/mol. The van der Waals surface area contributed by atoms with E-state index in [0.29, 0.717) is 10.7 Å². The van der Waals surface area contributed by atoms with Crippen LogP contribution in [0.5, 0.6) is 0 Å². The highest BCUT2D eigenvalue weighted by Crippen LogP contribution is 2.32. The number of aromatic nitrogens is 2. The molecule has 0 fully saturated rings. The summed E-state index contributed by atoms with van der Waals surface area (Å²) in [7, 11) is 0. The van der Waals surface area contributed by atoms with Gasteiger partial charge in [0.15, 0.2) is 0 Å². The lowest BCUT2D eigenvalue weighted by Crippen LogP contribution is -1.84. The lowest BCUT2D eigenvalue weighted by atomic mass is 10.1. The fourth-order valence-electron chi connectivity index (χ4n) is 2.46. The molecule has 0 aliphatic carbocycles. The Hall–Kier alpha value is -2.39. The van der Waals surface area contributed by atoms with E-state index in [-0.39, 0.29) is 0 Å². The Morgan fingerprint density at radius 3 is 2.29 bits per heavy atom. The summed E-state index contributed by atoms with van der Waals surface area (Å²) >= 11 is 5.93. The van der Waals surface area contributed by atoms with E-state index < -0.39 is 0 Å². The van der Waals surface area contributed by atoms with Crippen LogP contribution in [0, 0.1) is 6.92 Å². The van der Waals surface area contributed by atoms with Crippen molar-refractivity contribution in [1.29, 1.82) is 0 Å². The molecular weight excluding hydrogens is 284 g/mol. The van der Waals surface area contributed by atoms with E-state index in [9.17, 15) is 0 Å². The first kappa shape index (κ1) is 12.4. The van der Waals surface area contributed by atoms with Crippen molar-refractivity contribution < 1.29 is 4.42 Å². The minimum Gasteiger partial charge on any atom is -0.436 e. The number of hydrogen-bond acceptors (Lipinski definition) is 3. The molecule has 0 bridgehead atoms. The molecule has 3 nitrogen and oxygen atoms in total. The number of para-hydroxylation sites is 2. The van der Waals surface area contributed by atoms with Gasteiger partial charge in [-0.3, -0.25) is 0 Å². The second-order valence-corrected chi connectivity index (χ2v) is 5.37. The van der Waals surface area contributed by atoms with Gasteiger partial charge >= 0.3 is 0 Å². The van der Waals surface area contributed by atoms with Gasteiger partial charge in [0.2, 0.25) is 5.71 Å². The molecule has 2 heterocycles. The van der Waals surface area contributed by atoms with Crippen molar-refractivity contribution in [3.63, 3.8) is 0 Å². The molecule has 0 amide bonds. The van der Waals surface area contributed by atoms with Crippen LogP contribution in [-0.4, -0.2) is 9.97 Å². The first-order valence-electron chi connectivity index (χ1n) is 6.64. The van der Waals surface area contributed by atoms with Gasteiger partial charge in [-0.05, 0) is 43.3 Å². The summed E-state index contributed by atoms with van der Waals surface area (Å²) in [5.41, 5.74) is 5.04. The Kier molecular flexibility index (Phi) is 2.69. The smallest absolute Gasteiger partial charge is 0.246 e. The lowest BCUT2D eigenvalue weighted by Gasteiger charge is -1.98. The van der Waals surface area contributed by atoms with E-state index in [1.165, 1.54) is 0 Å². The van der Waals surface area contributed by atoms with Crippen LogP contribution >= 0.6 is 11.6 Å². The highest BCUT2D eigenvalue weighted by Gasteiger charge is 2.15. The fourth-order valence-corrected chi connectivity index (χ4v) is 2.58. The maximum Gasteiger partial charge on any atom is 0.246 e. The highest BCUT2D eigenvalue weighted by atomic mass is 35.5. The molecule has 0 saturated carbocycles. The van der Waals surface area contributed by atoms with Crippen molar-refractivity contribution >= 4 is 33.9 Å². The van der Waals surface area contributed by atoms with E-state index in [1.807, 2.05) is 55.5 Å². The summed E-state index contributed by atoms with van der Waals surface area (Å²) < 4.78 is 5.92. The zero-order valence-electron chi connectivity index (χ0n) is 11.3. The molecule has 0 spiro atoms. The van der Waals surface area contributed by atoms with Gasteiger partial charge in [0.05, 0.1) is 11.0 Å². The molecule has 0 aliphatic rings. The molecule has 4 aromatic rings. The maximum atomic E-state index is 5.93. The normalized spacial score (nSPS) is 11.3. The Bertz CT molecular complexity index is 958. The molecule has 0 saturated heterocycles. The van der Waals surface area contributed by atoms with Crippen LogP contribution in [-0.2, 0) is 0 Å². The van der Waals surface area contributed by atoms with E-state index in [4.69, 9.17) is 16.0 Å². The number of aryl methyl sites for hydroxylation is 1. The summed E-state index contributed by atoms with van der Waals surface area (Å²) in [4.78, 5) is 9.21. The van der Waals surface area contributed by atoms with Crippen LogP contribution in [0.3, 0.4) is 0 Å². The first-order valence-corrected chi connectivity index (χ1v) is 7.02. The maximum absolute atomic E-state index is 5.93. The van der Waals surface area contributed by atoms with Crippen molar-refractivity contribution in [1.82, 2.24) is 9.97 Å². The Labute approximate surface area is 126 Å². The van der Waals surface area contributed by atoms with Gasteiger partial charge in [-0.1, -0.05) is 23.7 Å². The molecular formula is C17H11ClN2O. The second kappa shape index (κ2) is 4.57. The van der Waals surface area contributed by atoms with Gasteiger partial charge < -0.3 is 4.42 Å². The van der Waals surface area contributed by atoms with Crippen LogP contribution in [0.4, 0.5) is 0 Å². The number of halogens is 1. The lowest BCUT2D eigenvalue weighted by molar-refractivity contribution is 0.617. The second-order valence-electron chi connectivity index (χ2n) is 4.93. The third-order valence-electron chi connectivity index (χ3n) is 3.54. The monoisotopic (exact) mass is 294 g/mol. The average molecular weight is 295 g/mol. The third kappa shape index (κ3) is 1.98. The minimum atomic E-state index is 0.566. The van der Waals surface area contributed by atoms with Crippen LogP contribution in [0.25, 0.3) is 33.6 Å². The van der Waals surface area contributed by atoms with E-state index in [1.54, 1.807) is 0 Å². The Morgan fingerprint density at radius 1 is 0.905 bits per heavy atom. The van der Waals surface area contributed by atoms with Crippen molar-refractivity contribution in [2.45, 2.75) is 6.92 Å². The van der Waals surface area contributed by atoms with Gasteiger partial charge in [-0.25, -0.2) is 9.97 Å². The van der Waals surface area contributed by atoms with Crippen molar-refractivity contribution in [2.24, 2.45) is 0 Å². The SMILES string of the molecule is Cc1c(-c2ccc(Cl)cc2)oc2nc3ccccc3nc12. The number of nitrogens with zero attached hydrogens (tertiary/aromatic N) is 2. The molecule has 2 aromatic heterocycles. The fraction of sp³-hybridized carbons (Fsp3) is 0.0588. The molecule has 0 unspecified atom stereocenters. The molecule has 4 rings (SSSR count). The quantitative estimate of drug-likeness (QED) is 0.495. The molecule has 102 valence electrons. The number of hydrogen-bond donors (Lipinski definition) is 0. The third-order valence-corrected chi connectivity index (χ3v) is 3.79. The highest BCUT2D eigenvalue weighted by molar-refractivity contribution is 6.30. The zero-order valence-corrected chi connectivity index (χ0v) is 12.1. The molecule has 4 heteroatoms. The van der Waals surface area contributed by atoms with Crippen LogP contribution in [0.15, 0.2) is 52.9 Å². The molecule has 2 aromatic carbocycles.